The molecular weight excluding hydrogens is 517 g/mol. The molecule has 0 N–H and O–H groups in total. The molecule has 5 rings (SSSR count). The molecule has 0 aliphatic carbocycles. The van der Waals surface area contributed by atoms with Crippen molar-refractivity contribution in [1.82, 2.24) is 0 Å². The molecular formula is C32H48O3Si3. The fourth-order valence-corrected chi connectivity index (χ4v) is 25.1. The van der Waals surface area contributed by atoms with Crippen molar-refractivity contribution in [3.63, 3.8) is 0 Å². The second-order valence-electron chi connectivity index (χ2n) is 12.4. The highest BCUT2D eigenvalue weighted by atomic mass is 28.4. The molecule has 6 heteroatoms. The van der Waals surface area contributed by atoms with Crippen LogP contribution in [0.25, 0.3) is 0 Å². The van der Waals surface area contributed by atoms with E-state index in [1.165, 1.54) is 29.6 Å². The Morgan fingerprint density at radius 2 is 1.24 bits per heavy atom. The summed E-state index contributed by atoms with van der Waals surface area (Å²) in [6.07, 6.45) is 10.5. The second kappa shape index (κ2) is 11.7. The zero-order chi connectivity index (χ0) is 26.7. The van der Waals surface area contributed by atoms with Gasteiger partial charge in [-0.25, -0.2) is 0 Å². The Morgan fingerprint density at radius 1 is 0.711 bits per heavy atom. The number of ether oxygens (including phenoxy) is 3. The molecule has 3 aliphatic heterocycles. The van der Waals surface area contributed by atoms with Crippen LogP contribution in [-0.4, -0.2) is 60.8 Å². The summed E-state index contributed by atoms with van der Waals surface area (Å²) in [7, 11) is -5.72. The van der Waals surface area contributed by atoms with Gasteiger partial charge in [-0.05, 0) is 57.8 Å². The number of benzene rings is 2. The van der Waals surface area contributed by atoms with Crippen molar-refractivity contribution in [2.45, 2.75) is 92.7 Å². The smallest absolute Gasteiger partial charge is 0.134 e. The third-order valence-corrected chi connectivity index (χ3v) is 25.7. The van der Waals surface area contributed by atoms with E-state index in [9.17, 15) is 0 Å². The van der Waals surface area contributed by atoms with E-state index in [1.807, 2.05) is 0 Å². The highest BCUT2D eigenvalue weighted by Gasteiger charge is 2.72. The summed E-state index contributed by atoms with van der Waals surface area (Å²) in [5.74, 6) is 0. The van der Waals surface area contributed by atoms with Gasteiger partial charge in [0.2, 0.25) is 0 Å². The van der Waals surface area contributed by atoms with Gasteiger partial charge in [-0.2, -0.15) is 0 Å². The van der Waals surface area contributed by atoms with Crippen molar-refractivity contribution < 1.29 is 14.2 Å². The summed E-state index contributed by atoms with van der Waals surface area (Å²) in [4.78, 5) is -0.158. The molecule has 3 saturated heterocycles. The first-order chi connectivity index (χ1) is 18.4. The van der Waals surface area contributed by atoms with Gasteiger partial charge in [-0.1, -0.05) is 90.7 Å². The van der Waals surface area contributed by atoms with Crippen molar-refractivity contribution in [1.29, 1.82) is 0 Å². The molecule has 2 aromatic carbocycles. The lowest BCUT2D eigenvalue weighted by Gasteiger charge is -2.66. The van der Waals surface area contributed by atoms with E-state index >= 15 is 0 Å². The average Bonchev–Trinajstić information content (AvgIpc) is 2.99. The van der Waals surface area contributed by atoms with Crippen LogP contribution in [0.4, 0.5) is 0 Å². The van der Waals surface area contributed by atoms with Crippen LogP contribution in [0, 0.1) is 0 Å². The summed E-state index contributed by atoms with van der Waals surface area (Å²) >= 11 is 0. The Labute approximate surface area is 235 Å². The Bertz CT molecular complexity index is 1000. The van der Waals surface area contributed by atoms with Crippen LogP contribution in [0.5, 0.6) is 0 Å². The Balaban J connectivity index is 1.76. The lowest BCUT2D eigenvalue weighted by Crippen LogP contribution is -2.86. The van der Waals surface area contributed by atoms with Crippen molar-refractivity contribution in [3.05, 3.63) is 72.9 Å². The molecule has 4 atom stereocenters. The topological polar surface area (TPSA) is 27.7 Å². The van der Waals surface area contributed by atoms with Crippen molar-refractivity contribution in [2.24, 2.45) is 0 Å². The summed E-state index contributed by atoms with van der Waals surface area (Å²) in [5, 5.41) is 2.54. The summed E-state index contributed by atoms with van der Waals surface area (Å²) in [6.45, 7) is 14.7. The van der Waals surface area contributed by atoms with Gasteiger partial charge in [0, 0.05) is 19.8 Å². The molecule has 3 aliphatic rings. The monoisotopic (exact) mass is 564 g/mol. The van der Waals surface area contributed by atoms with Crippen molar-refractivity contribution in [2.75, 3.05) is 19.8 Å². The maximum atomic E-state index is 7.41. The molecule has 3 heterocycles. The minimum atomic E-state index is -2.39. The van der Waals surface area contributed by atoms with Gasteiger partial charge in [0.15, 0.2) is 0 Å². The SMILES string of the molecule is C=C[SiH](C)C1(C2([Si](C)(C)C3([SiH](c4ccccc4)c4ccccc4)CCCCO3)CCCCO2)CCCCO1. The van der Waals surface area contributed by atoms with Gasteiger partial charge in [0.05, 0.1) is 24.1 Å². The van der Waals surface area contributed by atoms with Gasteiger partial charge >= 0.3 is 0 Å². The zero-order valence-corrected chi connectivity index (χ0v) is 27.2. The molecule has 0 spiro atoms. The van der Waals surface area contributed by atoms with Crippen molar-refractivity contribution in [3.8, 4) is 0 Å². The van der Waals surface area contributed by atoms with Gasteiger partial charge in [0.1, 0.15) is 16.9 Å². The van der Waals surface area contributed by atoms with E-state index in [0.29, 0.717) is 0 Å². The summed E-state index contributed by atoms with van der Waals surface area (Å²) in [5.41, 5.74) is 2.28. The number of hydrogen-bond acceptors (Lipinski definition) is 3. The molecule has 0 radical (unpaired) electrons. The van der Waals surface area contributed by atoms with E-state index in [4.69, 9.17) is 14.2 Å². The molecule has 0 aromatic heterocycles. The zero-order valence-electron chi connectivity index (χ0n) is 23.9. The normalized spacial score (nSPS) is 31.6. The molecule has 3 fully saturated rings. The Hall–Kier alpha value is -1.29. The Kier molecular flexibility index (Phi) is 8.68. The molecule has 0 amide bonds. The maximum Gasteiger partial charge on any atom is 0.134 e. The maximum absolute atomic E-state index is 7.41. The molecule has 38 heavy (non-hydrogen) atoms. The molecule has 3 nitrogen and oxygen atoms in total. The standard InChI is InChI=1S/C32H48O3Si3/c1-5-36(2)30(22-12-15-25-33-30)31(23-13-16-26-34-31)38(3,4)32(24-14-17-27-35-32)37(28-18-8-6-9-19-28)29-20-10-7-11-21-29/h5-11,18-21,36-37H,1,12-17,22-27H2,2-4H3. The van der Waals surface area contributed by atoms with E-state index in [0.717, 1.165) is 58.3 Å². The largest absolute Gasteiger partial charge is 0.381 e. The van der Waals surface area contributed by atoms with E-state index in [1.54, 1.807) is 0 Å². The molecule has 206 valence electrons. The second-order valence-corrected chi connectivity index (χ2v) is 24.0. The quantitative estimate of drug-likeness (QED) is 0.408. The highest BCUT2D eigenvalue weighted by Crippen LogP contribution is 2.55. The minimum Gasteiger partial charge on any atom is -0.381 e. The lowest BCUT2D eigenvalue weighted by molar-refractivity contribution is -0.170. The summed E-state index contributed by atoms with van der Waals surface area (Å²) in [6, 6.07) is 22.8. The molecule has 0 bridgehead atoms. The van der Waals surface area contributed by atoms with Gasteiger partial charge in [-0.15, -0.1) is 12.3 Å². The molecule has 2 aromatic rings. The highest BCUT2D eigenvalue weighted by molar-refractivity contribution is 7.03. The fourth-order valence-electron chi connectivity index (χ4n) is 8.46. The van der Waals surface area contributed by atoms with Crippen LogP contribution in [0.15, 0.2) is 72.9 Å². The van der Waals surface area contributed by atoms with Crippen LogP contribution >= 0.6 is 0 Å². The first-order valence-electron chi connectivity index (χ1n) is 15.1. The summed E-state index contributed by atoms with van der Waals surface area (Å²) < 4.78 is 21.9. The fraction of sp³-hybridized carbons (Fsp3) is 0.562. The van der Waals surface area contributed by atoms with Crippen LogP contribution in [-0.2, 0) is 14.2 Å². The number of hydrogen-bond donors (Lipinski definition) is 0. The average molecular weight is 565 g/mol. The lowest BCUT2D eigenvalue weighted by atomic mass is 9.96. The molecule has 4 unspecified atom stereocenters. The van der Waals surface area contributed by atoms with Crippen LogP contribution < -0.4 is 10.4 Å². The van der Waals surface area contributed by atoms with Gasteiger partial charge < -0.3 is 14.2 Å². The first kappa shape index (κ1) is 28.2. The van der Waals surface area contributed by atoms with Crippen molar-refractivity contribution >= 4 is 36.0 Å². The number of rotatable bonds is 8. The third kappa shape index (κ3) is 4.49. The molecule has 0 saturated carbocycles. The Morgan fingerprint density at radius 3 is 1.68 bits per heavy atom. The minimum absolute atomic E-state index is 0.158. The van der Waals surface area contributed by atoms with Crippen LogP contribution in [0.1, 0.15) is 57.8 Å². The van der Waals surface area contributed by atoms with Gasteiger partial charge in [-0.3, -0.25) is 0 Å². The predicted octanol–water partition coefficient (Wildman–Crippen LogP) is 5.29. The van der Waals surface area contributed by atoms with E-state index < -0.39 is 25.7 Å². The van der Waals surface area contributed by atoms with E-state index in [2.05, 4.69) is 92.6 Å². The first-order valence-corrected chi connectivity index (χ1v) is 22.2. The van der Waals surface area contributed by atoms with Crippen LogP contribution in [0.3, 0.4) is 0 Å². The third-order valence-electron chi connectivity index (χ3n) is 10.4. The van der Waals surface area contributed by atoms with Gasteiger partial charge in [0.25, 0.3) is 0 Å². The van der Waals surface area contributed by atoms with E-state index in [-0.39, 0.29) is 15.3 Å². The van der Waals surface area contributed by atoms with Crippen LogP contribution in [0.2, 0.25) is 19.6 Å². The predicted molar refractivity (Wildman–Crippen MR) is 168 cm³/mol.